The van der Waals surface area contributed by atoms with E-state index in [4.69, 9.17) is 10.7 Å². The first kappa shape index (κ1) is 20.1. The summed E-state index contributed by atoms with van der Waals surface area (Å²) in [6, 6.07) is 15.2. The fourth-order valence-electron chi connectivity index (χ4n) is 3.58. The van der Waals surface area contributed by atoms with Gasteiger partial charge in [0.05, 0.1) is 16.2 Å². The van der Waals surface area contributed by atoms with Gasteiger partial charge in [-0.3, -0.25) is 0 Å². The number of nitrogens with one attached hydrogen (secondary N) is 1. The minimum Gasteiger partial charge on any atom is -0.384 e. The first-order chi connectivity index (χ1) is 14.0. The summed E-state index contributed by atoms with van der Waals surface area (Å²) in [7, 11) is -3.30. The zero-order valence-electron chi connectivity index (χ0n) is 15.9. The van der Waals surface area contributed by atoms with Crippen molar-refractivity contribution in [1.82, 2.24) is 4.98 Å². The van der Waals surface area contributed by atoms with E-state index in [1.165, 1.54) is 0 Å². The summed E-state index contributed by atoms with van der Waals surface area (Å²) in [4.78, 5) is 7.30. The molecule has 3 aromatic rings. The van der Waals surface area contributed by atoms with Crippen molar-refractivity contribution in [3.8, 4) is 0 Å². The number of halogens is 1. The fraction of sp³-hybridized carbons (Fsp3) is 0.286. The van der Waals surface area contributed by atoms with E-state index in [2.05, 4.69) is 21.2 Å². The van der Waals surface area contributed by atoms with Gasteiger partial charge in [-0.05, 0) is 42.8 Å². The molecule has 0 amide bonds. The lowest BCUT2D eigenvalue weighted by Gasteiger charge is -2.23. The number of fused-ring (bicyclic) bond motifs is 2. The molecule has 4 rings (SSSR count). The second-order valence-corrected chi connectivity index (χ2v) is 10.1. The maximum atomic E-state index is 12.7. The molecular formula is C21H23BrN4O2S. The van der Waals surface area contributed by atoms with Gasteiger partial charge in [0.1, 0.15) is 5.82 Å². The Labute approximate surface area is 179 Å². The molecule has 0 saturated heterocycles. The van der Waals surface area contributed by atoms with Crippen LogP contribution in [0.15, 0.2) is 57.9 Å². The number of hydrogen-bond acceptors (Lipinski definition) is 6. The average Bonchev–Trinajstić information content (AvgIpc) is 2.84. The van der Waals surface area contributed by atoms with Crippen molar-refractivity contribution < 1.29 is 8.42 Å². The van der Waals surface area contributed by atoms with Crippen molar-refractivity contribution in [2.45, 2.75) is 17.9 Å². The monoisotopic (exact) mass is 474 g/mol. The number of rotatable bonds is 5. The van der Waals surface area contributed by atoms with Gasteiger partial charge in [-0.2, -0.15) is 0 Å². The molecule has 1 aliphatic rings. The number of nitrogens with two attached hydrogens (primary N) is 1. The average molecular weight is 475 g/mol. The van der Waals surface area contributed by atoms with Crippen LogP contribution in [0, 0.1) is 0 Å². The molecule has 0 spiro atoms. The molecule has 2 heterocycles. The lowest BCUT2D eigenvalue weighted by molar-refractivity contribution is 0.596. The molecule has 2 aromatic carbocycles. The molecule has 0 bridgehead atoms. The Morgan fingerprint density at radius 2 is 2.00 bits per heavy atom. The van der Waals surface area contributed by atoms with Crippen molar-refractivity contribution in [1.29, 1.82) is 0 Å². The highest BCUT2D eigenvalue weighted by atomic mass is 79.9. The summed E-state index contributed by atoms with van der Waals surface area (Å²) in [5.74, 6) is 0.835. The van der Waals surface area contributed by atoms with E-state index in [1.807, 2.05) is 41.3 Å². The van der Waals surface area contributed by atoms with Gasteiger partial charge >= 0.3 is 0 Å². The highest BCUT2D eigenvalue weighted by Crippen LogP contribution is 2.32. The van der Waals surface area contributed by atoms with Crippen LogP contribution < -0.4 is 16.0 Å². The standard InChI is InChI=1S/C21H23BrN4O2S/c22-16-6-7-18-17(12-16)19(24-9-3-8-23)13-21(25-18)26-10-11-29(27,28)20-5-2-1-4-15(20)14-26/h1-2,4-7,12-13H,3,8-11,14,23H2,(H,24,25). The van der Waals surface area contributed by atoms with E-state index in [0.717, 1.165) is 45.4 Å². The van der Waals surface area contributed by atoms with Crippen LogP contribution in [0.2, 0.25) is 0 Å². The smallest absolute Gasteiger partial charge is 0.180 e. The third-order valence-corrected chi connectivity index (χ3v) is 7.36. The Morgan fingerprint density at radius 1 is 1.17 bits per heavy atom. The molecule has 1 aliphatic heterocycles. The van der Waals surface area contributed by atoms with Crippen LogP contribution in [-0.2, 0) is 16.4 Å². The predicted octanol–water partition coefficient (Wildman–Crippen LogP) is 3.55. The summed E-state index contributed by atoms with van der Waals surface area (Å²) in [5, 5.41) is 4.48. The van der Waals surface area contributed by atoms with Crippen molar-refractivity contribution >= 4 is 48.2 Å². The summed E-state index contributed by atoms with van der Waals surface area (Å²) >= 11 is 3.53. The molecule has 1 aromatic heterocycles. The molecular weight excluding hydrogens is 452 g/mol. The van der Waals surface area contributed by atoms with E-state index < -0.39 is 9.84 Å². The summed E-state index contributed by atoms with van der Waals surface area (Å²) in [5.41, 5.74) is 8.28. The van der Waals surface area contributed by atoms with Gasteiger partial charge in [-0.15, -0.1) is 0 Å². The summed E-state index contributed by atoms with van der Waals surface area (Å²) in [6.07, 6.45) is 0.864. The number of nitrogens with zero attached hydrogens (tertiary/aromatic N) is 2. The zero-order chi connectivity index (χ0) is 20.4. The number of sulfone groups is 1. The third-order valence-electron chi connectivity index (χ3n) is 5.08. The van der Waals surface area contributed by atoms with E-state index in [-0.39, 0.29) is 5.75 Å². The number of hydrogen-bond donors (Lipinski definition) is 2. The Kier molecular flexibility index (Phi) is 5.76. The third kappa shape index (κ3) is 4.24. The maximum absolute atomic E-state index is 12.7. The van der Waals surface area contributed by atoms with Gasteiger partial charge < -0.3 is 16.0 Å². The van der Waals surface area contributed by atoms with Crippen LogP contribution in [0.3, 0.4) is 0 Å². The van der Waals surface area contributed by atoms with E-state index in [1.54, 1.807) is 12.1 Å². The van der Waals surface area contributed by atoms with Crippen LogP contribution in [0.25, 0.3) is 10.9 Å². The first-order valence-electron chi connectivity index (χ1n) is 9.58. The largest absolute Gasteiger partial charge is 0.384 e. The second kappa shape index (κ2) is 8.30. The molecule has 152 valence electrons. The number of anilines is 2. The quantitative estimate of drug-likeness (QED) is 0.549. The Bertz CT molecular complexity index is 1150. The Hall–Kier alpha value is -2.16. The van der Waals surface area contributed by atoms with Crippen molar-refractivity contribution in [3.63, 3.8) is 0 Å². The zero-order valence-corrected chi connectivity index (χ0v) is 18.3. The lowest BCUT2D eigenvalue weighted by Crippen LogP contribution is -2.26. The summed E-state index contributed by atoms with van der Waals surface area (Å²) in [6.45, 7) is 2.28. The molecule has 8 heteroatoms. The van der Waals surface area contributed by atoms with Gasteiger partial charge in [-0.25, -0.2) is 13.4 Å². The van der Waals surface area contributed by atoms with Crippen LogP contribution in [-0.4, -0.2) is 38.8 Å². The van der Waals surface area contributed by atoms with Gasteiger partial charge in [-0.1, -0.05) is 34.1 Å². The van der Waals surface area contributed by atoms with Crippen LogP contribution in [0.5, 0.6) is 0 Å². The van der Waals surface area contributed by atoms with E-state index in [0.29, 0.717) is 24.5 Å². The Balaban J connectivity index is 1.76. The topological polar surface area (TPSA) is 88.3 Å². The molecule has 0 radical (unpaired) electrons. The number of aromatic nitrogens is 1. The number of benzene rings is 2. The Morgan fingerprint density at radius 3 is 2.83 bits per heavy atom. The SMILES string of the molecule is NCCCNc1cc(N2CCS(=O)(=O)c3ccccc3C2)nc2ccc(Br)cc12. The molecule has 6 nitrogen and oxygen atoms in total. The highest BCUT2D eigenvalue weighted by molar-refractivity contribution is 9.10. The molecule has 0 aliphatic carbocycles. The van der Waals surface area contributed by atoms with Crippen LogP contribution in [0.4, 0.5) is 11.5 Å². The van der Waals surface area contributed by atoms with Crippen LogP contribution in [0.1, 0.15) is 12.0 Å². The van der Waals surface area contributed by atoms with Gasteiger partial charge in [0, 0.05) is 41.2 Å². The van der Waals surface area contributed by atoms with Crippen molar-refractivity contribution in [3.05, 3.63) is 58.6 Å². The van der Waals surface area contributed by atoms with E-state index in [9.17, 15) is 8.42 Å². The number of pyridine rings is 1. The van der Waals surface area contributed by atoms with E-state index >= 15 is 0 Å². The lowest BCUT2D eigenvalue weighted by atomic mass is 10.1. The predicted molar refractivity (Wildman–Crippen MR) is 121 cm³/mol. The molecule has 29 heavy (non-hydrogen) atoms. The minimum atomic E-state index is -3.30. The van der Waals surface area contributed by atoms with Gasteiger partial charge in [0.15, 0.2) is 9.84 Å². The van der Waals surface area contributed by atoms with Crippen molar-refractivity contribution in [2.24, 2.45) is 5.73 Å². The molecule has 0 atom stereocenters. The van der Waals surface area contributed by atoms with Crippen molar-refractivity contribution in [2.75, 3.05) is 35.6 Å². The fourth-order valence-corrected chi connectivity index (χ4v) is 5.44. The molecule has 3 N–H and O–H groups in total. The van der Waals surface area contributed by atoms with Gasteiger partial charge in [0.25, 0.3) is 0 Å². The minimum absolute atomic E-state index is 0.0694. The molecule has 0 saturated carbocycles. The highest BCUT2D eigenvalue weighted by Gasteiger charge is 2.26. The van der Waals surface area contributed by atoms with Gasteiger partial charge in [0.2, 0.25) is 0 Å². The van der Waals surface area contributed by atoms with Crippen LogP contribution >= 0.6 is 15.9 Å². The summed E-state index contributed by atoms with van der Waals surface area (Å²) < 4.78 is 26.4. The molecule has 0 fully saturated rings. The normalized spacial score (nSPS) is 15.7. The first-order valence-corrected chi connectivity index (χ1v) is 12.0. The molecule has 0 unspecified atom stereocenters. The maximum Gasteiger partial charge on any atom is 0.180 e. The second-order valence-electron chi connectivity index (χ2n) is 7.11.